The molecule has 0 saturated carbocycles. The van der Waals surface area contributed by atoms with Crippen LogP contribution >= 0.6 is 11.3 Å². The highest BCUT2D eigenvalue weighted by atomic mass is 32.1. The number of aromatic nitrogens is 3. The van der Waals surface area contributed by atoms with Crippen molar-refractivity contribution in [1.82, 2.24) is 14.6 Å². The summed E-state index contributed by atoms with van der Waals surface area (Å²) in [6, 6.07) is 7.70. The number of hydrogen-bond acceptors (Lipinski definition) is 7. The SMILES string of the molecule is CC(C)(C)c1ccc(-c2nn3c(O)c([N+](=O)[O-])c(=O)nc3s2)cc1. The Kier molecular flexibility index (Phi) is 3.60. The highest BCUT2D eigenvalue weighted by Gasteiger charge is 2.25. The number of nitrogens with zero attached hydrogens (tertiary/aromatic N) is 4. The molecule has 124 valence electrons. The second-order valence-corrected chi connectivity index (χ2v) is 7.23. The average molecular weight is 346 g/mol. The van der Waals surface area contributed by atoms with E-state index >= 15 is 0 Å². The van der Waals surface area contributed by atoms with Crippen molar-refractivity contribution in [3.05, 3.63) is 50.3 Å². The zero-order chi connectivity index (χ0) is 17.6. The smallest absolute Gasteiger partial charge is 0.397 e. The molecule has 0 aliphatic carbocycles. The summed E-state index contributed by atoms with van der Waals surface area (Å²) in [5.74, 6) is -0.816. The Bertz CT molecular complexity index is 999. The maximum absolute atomic E-state index is 11.6. The highest BCUT2D eigenvalue weighted by molar-refractivity contribution is 7.19. The first kappa shape index (κ1) is 16.1. The zero-order valence-corrected chi connectivity index (χ0v) is 14.0. The molecule has 0 unspecified atom stereocenters. The van der Waals surface area contributed by atoms with E-state index in [1.807, 2.05) is 24.3 Å². The quantitative estimate of drug-likeness (QED) is 0.564. The van der Waals surface area contributed by atoms with Gasteiger partial charge in [-0.05, 0) is 11.0 Å². The number of nitro groups is 1. The van der Waals surface area contributed by atoms with Crippen LogP contribution in [0.4, 0.5) is 5.69 Å². The summed E-state index contributed by atoms with van der Waals surface area (Å²) >= 11 is 1.07. The fourth-order valence-electron chi connectivity index (χ4n) is 2.22. The second kappa shape index (κ2) is 5.38. The van der Waals surface area contributed by atoms with Gasteiger partial charge >= 0.3 is 17.1 Å². The minimum Gasteiger partial charge on any atom is -0.488 e. The molecule has 0 bridgehead atoms. The fourth-order valence-corrected chi connectivity index (χ4v) is 3.11. The molecule has 3 aromatic rings. The Balaban J connectivity index is 2.13. The van der Waals surface area contributed by atoms with Crippen molar-refractivity contribution in [1.29, 1.82) is 0 Å². The number of rotatable bonds is 2. The van der Waals surface area contributed by atoms with Gasteiger partial charge in [0.2, 0.25) is 4.96 Å². The molecule has 8 nitrogen and oxygen atoms in total. The van der Waals surface area contributed by atoms with E-state index in [1.165, 1.54) is 0 Å². The van der Waals surface area contributed by atoms with Gasteiger partial charge in [0, 0.05) is 5.56 Å². The van der Waals surface area contributed by atoms with Crippen LogP contribution in [-0.4, -0.2) is 24.6 Å². The van der Waals surface area contributed by atoms with Crippen LogP contribution in [0.1, 0.15) is 26.3 Å². The van der Waals surface area contributed by atoms with Gasteiger partial charge in [0.05, 0.1) is 4.92 Å². The molecule has 0 saturated heterocycles. The van der Waals surface area contributed by atoms with Gasteiger partial charge in [0.1, 0.15) is 5.01 Å². The molecule has 24 heavy (non-hydrogen) atoms. The number of benzene rings is 1. The topological polar surface area (TPSA) is 111 Å². The monoisotopic (exact) mass is 346 g/mol. The first-order valence-electron chi connectivity index (χ1n) is 7.06. The molecular weight excluding hydrogens is 332 g/mol. The van der Waals surface area contributed by atoms with Gasteiger partial charge in [0.15, 0.2) is 0 Å². The lowest BCUT2D eigenvalue weighted by Gasteiger charge is -2.18. The van der Waals surface area contributed by atoms with E-state index < -0.39 is 22.0 Å². The predicted octanol–water partition coefficient (Wildman–Crippen LogP) is 2.73. The molecule has 1 N–H and O–H groups in total. The Morgan fingerprint density at radius 2 is 1.88 bits per heavy atom. The summed E-state index contributed by atoms with van der Waals surface area (Å²) in [7, 11) is 0. The fraction of sp³-hybridized carbons (Fsp3) is 0.267. The summed E-state index contributed by atoms with van der Waals surface area (Å²) < 4.78 is 0.914. The average Bonchev–Trinajstić information content (AvgIpc) is 2.90. The maximum atomic E-state index is 11.6. The van der Waals surface area contributed by atoms with Crippen molar-refractivity contribution in [3.63, 3.8) is 0 Å². The van der Waals surface area contributed by atoms with Crippen LogP contribution in [0.2, 0.25) is 0 Å². The molecule has 0 spiro atoms. The summed E-state index contributed by atoms with van der Waals surface area (Å²) in [5, 5.41) is 25.4. The largest absolute Gasteiger partial charge is 0.488 e. The standard InChI is InChI=1S/C15H14N4O4S/c1-15(2,3)9-6-4-8(5-7-9)12-17-18-13(21)10(19(22)23)11(20)16-14(18)24-12/h4-7,21H,1-3H3. The van der Waals surface area contributed by atoms with E-state index in [-0.39, 0.29) is 10.4 Å². The molecule has 0 radical (unpaired) electrons. The molecule has 3 rings (SSSR count). The second-order valence-electron chi connectivity index (χ2n) is 6.28. The Labute approximate surface area is 140 Å². The normalized spacial score (nSPS) is 11.8. The summed E-state index contributed by atoms with van der Waals surface area (Å²) in [6.45, 7) is 6.31. The van der Waals surface area contributed by atoms with Crippen molar-refractivity contribution in [3.8, 4) is 16.5 Å². The van der Waals surface area contributed by atoms with Gasteiger partial charge in [-0.1, -0.05) is 56.4 Å². The van der Waals surface area contributed by atoms with Crippen molar-refractivity contribution in [2.24, 2.45) is 0 Å². The first-order chi connectivity index (χ1) is 11.2. The molecule has 0 amide bonds. The predicted molar refractivity (Wildman–Crippen MR) is 89.6 cm³/mol. The minimum absolute atomic E-state index is 0.0127. The molecule has 2 heterocycles. The summed E-state index contributed by atoms with van der Waals surface area (Å²) in [6.07, 6.45) is 0. The highest BCUT2D eigenvalue weighted by Crippen LogP contribution is 2.31. The van der Waals surface area contributed by atoms with Gasteiger partial charge in [-0.25, -0.2) is 0 Å². The molecule has 0 fully saturated rings. The van der Waals surface area contributed by atoms with Gasteiger partial charge < -0.3 is 5.11 Å². The Hall–Kier alpha value is -2.81. The van der Waals surface area contributed by atoms with Crippen LogP contribution in [-0.2, 0) is 5.41 Å². The van der Waals surface area contributed by atoms with E-state index in [0.29, 0.717) is 5.01 Å². The lowest BCUT2D eigenvalue weighted by atomic mass is 9.87. The molecule has 0 aliphatic heterocycles. The lowest BCUT2D eigenvalue weighted by molar-refractivity contribution is -0.387. The van der Waals surface area contributed by atoms with E-state index in [1.54, 1.807) is 0 Å². The van der Waals surface area contributed by atoms with Crippen LogP contribution < -0.4 is 5.56 Å². The summed E-state index contributed by atoms with van der Waals surface area (Å²) in [5.41, 5.74) is -0.131. The van der Waals surface area contributed by atoms with E-state index in [0.717, 1.165) is 27.0 Å². The molecule has 2 aromatic heterocycles. The van der Waals surface area contributed by atoms with E-state index in [2.05, 4.69) is 30.9 Å². The van der Waals surface area contributed by atoms with Gasteiger partial charge in [-0.15, -0.1) is 0 Å². The Morgan fingerprint density at radius 1 is 1.25 bits per heavy atom. The van der Waals surface area contributed by atoms with E-state index in [4.69, 9.17) is 0 Å². The Morgan fingerprint density at radius 3 is 2.42 bits per heavy atom. The first-order valence-corrected chi connectivity index (χ1v) is 7.88. The van der Waals surface area contributed by atoms with Gasteiger partial charge in [-0.2, -0.15) is 14.6 Å². The third-order valence-electron chi connectivity index (χ3n) is 3.55. The molecule has 0 aliphatic rings. The third-order valence-corrected chi connectivity index (χ3v) is 4.51. The van der Waals surface area contributed by atoms with Crippen LogP contribution in [0, 0.1) is 10.1 Å². The molecule has 0 atom stereocenters. The van der Waals surface area contributed by atoms with Crippen molar-refractivity contribution >= 4 is 22.0 Å². The van der Waals surface area contributed by atoms with E-state index in [9.17, 15) is 20.0 Å². The van der Waals surface area contributed by atoms with Crippen molar-refractivity contribution < 1.29 is 10.0 Å². The number of aromatic hydroxyl groups is 1. The van der Waals surface area contributed by atoms with Gasteiger partial charge in [0.25, 0.3) is 0 Å². The number of fused-ring (bicyclic) bond motifs is 1. The zero-order valence-electron chi connectivity index (χ0n) is 13.2. The van der Waals surface area contributed by atoms with Crippen LogP contribution in [0.15, 0.2) is 29.1 Å². The maximum Gasteiger partial charge on any atom is 0.397 e. The van der Waals surface area contributed by atoms with Crippen molar-refractivity contribution in [2.45, 2.75) is 26.2 Å². The third kappa shape index (κ3) is 2.62. The van der Waals surface area contributed by atoms with Gasteiger partial charge in [-0.3, -0.25) is 14.9 Å². The summed E-state index contributed by atoms with van der Waals surface area (Å²) in [4.78, 5) is 25.3. The van der Waals surface area contributed by atoms with Crippen LogP contribution in [0.25, 0.3) is 15.5 Å². The lowest BCUT2D eigenvalue weighted by Crippen LogP contribution is -2.14. The number of hydrogen-bond donors (Lipinski definition) is 1. The molecule has 1 aromatic carbocycles. The van der Waals surface area contributed by atoms with Crippen molar-refractivity contribution in [2.75, 3.05) is 0 Å². The van der Waals surface area contributed by atoms with Crippen LogP contribution in [0.3, 0.4) is 0 Å². The molecule has 9 heteroatoms. The molecular formula is C15H14N4O4S. The van der Waals surface area contributed by atoms with Crippen LogP contribution in [0.5, 0.6) is 5.88 Å². The minimum atomic E-state index is -1.09.